The predicted octanol–water partition coefficient (Wildman–Crippen LogP) is 5.12. The Balaban J connectivity index is 1.51. The summed E-state index contributed by atoms with van der Waals surface area (Å²) in [6.07, 6.45) is 7.43. The molecule has 1 atom stereocenters. The van der Waals surface area contributed by atoms with Crippen molar-refractivity contribution in [2.24, 2.45) is 0 Å². The quantitative estimate of drug-likeness (QED) is 0.653. The van der Waals surface area contributed by atoms with Crippen molar-refractivity contribution in [2.45, 2.75) is 31.8 Å². The lowest BCUT2D eigenvalue weighted by Gasteiger charge is -2.35. The van der Waals surface area contributed by atoms with Crippen LogP contribution in [0.15, 0.2) is 59.4 Å². The number of piperidine rings is 1. The summed E-state index contributed by atoms with van der Waals surface area (Å²) in [4.78, 5) is 6.74. The molecular weight excluding hydrogens is 334 g/mol. The van der Waals surface area contributed by atoms with E-state index in [9.17, 15) is 0 Å². The van der Waals surface area contributed by atoms with Crippen molar-refractivity contribution in [3.63, 3.8) is 0 Å². The Hall–Kier alpha value is -2.17. The smallest absolute Gasteiger partial charge is 0.151 e. The summed E-state index contributed by atoms with van der Waals surface area (Å²) in [6.45, 7) is 1.83. The van der Waals surface area contributed by atoms with Crippen molar-refractivity contribution in [1.82, 2.24) is 15.0 Å². The van der Waals surface area contributed by atoms with E-state index in [0.717, 1.165) is 41.6 Å². The van der Waals surface area contributed by atoms with Gasteiger partial charge < -0.3 is 4.52 Å². The number of aromatic nitrogens is 2. The van der Waals surface area contributed by atoms with Crippen LogP contribution in [0, 0.1) is 0 Å². The largest absolute Gasteiger partial charge is 0.359 e. The summed E-state index contributed by atoms with van der Waals surface area (Å²) in [7, 11) is 0. The molecule has 0 amide bonds. The average Bonchev–Trinajstić information content (AvgIpc) is 3.12. The minimum absolute atomic E-state index is 0.395. The van der Waals surface area contributed by atoms with Crippen molar-refractivity contribution >= 4 is 11.6 Å². The molecule has 0 N–H and O–H groups in total. The highest BCUT2D eigenvalue weighted by molar-refractivity contribution is 6.30. The van der Waals surface area contributed by atoms with Gasteiger partial charge in [-0.05, 0) is 43.1 Å². The Labute approximate surface area is 152 Å². The van der Waals surface area contributed by atoms with E-state index in [0.29, 0.717) is 6.04 Å². The van der Waals surface area contributed by atoms with E-state index < -0.39 is 0 Å². The first kappa shape index (κ1) is 16.3. The van der Waals surface area contributed by atoms with E-state index in [4.69, 9.17) is 16.1 Å². The zero-order chi connectivity index (χ0) is 17.1. The first-order chi connectivity index (χ1) is 12.3. The monoisotopic (exact) mass is 353 g/mol. The van der Waals surface area contributed by atoms with Crippen molar-refractivity contribution < 1.29 is 4.52 Å². The molecule has 4 nitrogen and oxygen atoms in total. The molecule has 5 heteroatoms. The Bertz CT molecular complexity index is 816. The molecule has 0 saturated carbocycles. The maximum atomic E-state index is 5.95. The lowest BCUT2D eigenvalue weighted by Crippen LogP contribution is -2.32. The van der Waals surface area contributed by atoms with Crippen molar-refractivity contribution in [3.05, 3.63) is 71.2 Å². The van der Waals surface area contributed by atoms with Crippen LogP contribution >= 0.6 is 11.6 Å². The molecule has 128 valence electrons. The minimum Gasteiger partial charge on any atom is -0.359 e. The number of rotatable bonds is 4. The van der Waals surface area contributed by atoms with Crippen LogP contribution in [0.4, 0.5) is 0 Å². The van der Waals surface area contributed by atoms with E-state index in [1.165, 1.54) is 18.4 Å². The molecule has 0 unspecified atom stereocenters. The third-order valence-electron chi connectivity index (χ3n) is 4.74. The van der Waals surface area contributed by atoms with Gasteiger partial charge in [0.1, 0.15) is 5.69 Å². The number of hydrogen-bond acceptors (Lipinski definition) is 4. The van der Waals surface area contributed by atoms with E-state index in [1.54, 1.807) is 0 Å². The van der Waals surface area contributed by atoms with E-state index in [-0.39, 0.29) is 0 Å². The lowest BCUT2D eigenvalue weighted by atomic mass is 9.96. The summed E-state index contributed by atoms with van der Waals surface area (Å²) >= 11 is 5.95. The van der Waals surface area contributed by atoms with Crippen LogP contribution in [0.3, 0.4) is 0 Å². The molecule has 0 spiro atoms. The van der Waals surface area contributed by atoms with Gasteiger partial charge in [0.15, 0.2) is 5.76 Å². The minimum atomic E-state index is 0.395. The average molecular weight is 354 g/mol. The van der Waals surface area contributed by atoms with Crippen LogP contribution in [0.5, 0.6) is 0 Å². The maximum Gasteiger partial charge on any atom is 0.151 e. The number of nitrogens with zero attached hydrogens (tertiary/aromatic N) is 3. The number of pyridine rings is 1. The fourth-order valence-corrected chi connectivity index (χ4v) is 3.60. The molecule has 0 aliphatic carbocycles. The molecule has 0 bridgehead atoms. The second-order valence-corrected chi connectivity index (χ2v) is 6.89. The van der Waals surface area contributed by atoms with E-state index in [2.05, 4.69) is 21.1 Å². The lowest BCUT2D eigenvalue weighted by molar-refractivity contribution is 0.126. The molecule has 4 rings (SSSR count). The van der Waals surface area contributed by atoms with Gasteiger partial charge in [0.05, 0.1) is 6.54 Å². The summed E-state index contributed by atoms with van der Waals surface area (Å²) in [6, 6.07) is 14.3. The third kappa shape index (κ3) is 3.75. The van der Waals surface area contributed by atoms with Gasteiger partial charge in [-0.2, -0.15) is 0 Å². The molecule has 1 aliphatic heterocycles. The molecule has 1 saturated heterocycles. The van der Waals surface area contributed by atoms with Crippen molar-refractivity contribution in [1.29, 1.82) is 0 Å². The highest BCUT2D eigenvalue weighted by atomic mass is 35.5. The molecule has 1 fully saturated rings. The van der Waals surface area contributed by atoms with Crippen LogP contribution in [0.1, 0.15) is 36.6 Å². The fraction of sp³-hybridized carbons (Fsp3) is 0.300. The predicted molar refractivity (Wildman–Crippen MR) is 98.2 cm³/mol. The molecule has 1 aromatic carbocycles. The topological polar surface area (TPSA) is 42.2 Å². The van der Waals surface area contributed by atoms with Gasteiger partial charge in [0.25, 0.3) is 0 Å². The van der Waals surface area contributed by atoms with Gasteiger partial charge in [-0.25, -0.2) is 0 Å². The van der Waals surface area contributed by atoms with Gasteiger partial charge in [-0.3, -0.25) is 9.88 Å². The number of hydrogen-bond donors (Lipinski definition) is 0. The zero-order valence-electron chi connectivity index (χ0n) is 13.9. The fourth-order valence-electron chi connectivity index (χ4n) is 3.48. The van der Waals surface area contributed by atoms with Gasteiger partial charge in [0.2, 0.25) is 0 Å². The summed E-state index contributed by atoms with van der Waals surface area (Å²) in [5.74, 6) is 0.890. The third-order valence-corrected chi connectivity index (χ3v) is 4.99. The van der Waals surface area contributed by atoms with Crippen LogP contribution in [0.25, 0.3) is 11.3 Å². The van der Waals surface area contributed by atoms with Crippen LogP contribution in [-0.2, 0) is 6.54 Å². The summed E-state index contributed by atoms with van der Waals surface area (Å²) in [5.41, 5.74) is 3.14. The SMILES string of the molecule is Clc1ccc(-c2cc(CN3CCCC[C@H]3c3cccnc3)on2)cc1. The Kier molecular flexibility index (Phi) is 4.81. The van der Waals surface area contributed by atoms with Crippen molar-refractivity contribution in [3.8, 4) is 11.3 Å². The number of halogens is 1. The van der Waals surface area contributed by atoms with Crippen LogP contribution < -0.4 is 0 Å². The molecule has 3 heterocycles. The summed E-state index contributed by atoms with van der Waals surface area (Å²) < 4.78 is 5.60. The highest BCUT2D eigenvalue weighted by Crippen LogP contribution is 2.32. The van der Waals surface area contributed by atoms with Gasteiger partial charge >= 0.3 is 0 Å². The molecule has 2 aromatic heterocycles. The Morgan fingerprint density at radius 1 is 1.16 bits per heavy atom. The normalized spacial score (nSPS) is 18.4. The van der Waals surface area contributed by atoms with Gasteiger partial charge in [-0.1, -0.05) is 41.4 Å². The second-order valence-electron chi connectivity index (χ2n) is 6.45. The molecule has 3 aromatic rings. The van der Waals surface area contributed by atoms with E-state index >= 15 is 0 Å². The molecule has 25 heavy (non-hydrogen) atoms. The van der Waals surface area contributed by atoms with Gasteiger partial charge in [-0.15, -0.1) is 0 Å². The standard InChI is InChI=1S/C20H20ClN3O/c21-17-8-6-15(7-9-17)19-12-18(25-23-19)14-24-11-2-1-5-20(24)16-4-3-10-22-13-16/h3-4,6-10,12-13,20H,1-2,5,11,14H2/t20-/m0/s1. The molecule has 0 radical (unpaired) electrons. The van der Waals surface area contributed by atoms with Gasteiger partial charge in [0, 0.05) is 35.1 Å². The highest BCUT2D eigenvalue weighted by Gasteiger charge is 2.25. The second kappa shape index (κ2) is 7.38. The van der Waals surface area contributed by atoms with Crippen LogP contribution in [-0.4, -0.2) is 21.6 Å². The Morgan fingerprint density at radius 3 is 2.84 bits per heavy atom. The van der Waals surface area contributed by atoms with Crippen molar-refractivity contribution in [2.75, 3.05) is 6.54 Å². The summed E-state index contributed by atoms with van der Waals surface area (Å²) in [5, 5.41) is 4.94. The van der Waals surface area contributed by atoms with Crippen LogP contribution in [0.2, 0.25) is 5.02 Å². The molecular formula is C20H20ClN3O. The Morgan fingerprint density at radius 2 is 2.04 bits per heavy atom. The number of likely N-dealkylation sites (tertiary alicyclic amines) is 1. The maximum absolute atomic E-state index is 5.95. The first-order valence-electron chi connectivity index (χ1n) is 8.65. The number of benzene rings is 1. The zero-order valence-corrected chi connectivity index (χ0v) is 14.7. The van der Waals surface area contributed by atoms with E-state index in [1.807, 2.05) is 48.8 Å². The molecule has 1 aliphatic rings. The first-order valence-corrected chi connectivity index (χ1v) is 9.03.